The monoisotopic (exact) mass is 574 g/mol. The Morgan fingerprint density at radius 2 is 0.925 bits per heavy atom. The summed E-state index contributed by atoms with van der Waals surface area (Å²) in [5, 5.41) is 7.70. The number of halogens is 1. The highest BCUT2D eigenvalue weighted by Gasteiger charge is 2.36. The molecule has 0 atom stereocenters. The number of hydrogen-bond acceptors (Lipinski definition) is 0. The number of hydrogen-bond donors (Lipinski definition) is 0. The van der Waals surface area contributed by atoms with Gasteiger partial charge in [-0.15, -0.1) is 0 Å². The van der Waals surface area contributed by atoms with Crippen molar-refractivity contribution in [2.45, 2.75) is 19.3 Å². The summed E-state index contributed by atoms with van der Waals surface area (Å²) < 4.78 is 1.13. The first-order valence-corrected chi connectivity index (χ1v) is 14.7. The van der Waals surface area contributed by atoms with Crippen LogP contribution in [0.1, 0.15) is 25.0 Å². The van der Waals surface area contributed by atoms with Crippen molar-refractivity contribution in [2.24, 2.45) is 0 Å². The first-order chi connectivity index (χ1) is 19.5. The normalized spacial score (nSPS) is 13.6. The summed E-state index contributed by atoms with van der Waals surface area (Å²) in [6.45, 7) is 4.71. The molecule has 0 spiro atoms. The van der Waals surface area contributed by atoms with Crippen LogP contribution in [0.25, 0.3) is 65.7 Å². The molecule has 7 aromatic rings. The van der Waals surface area contributed by atoms with Gasteiger partial charge in [-0.1, -0.05) is 133 Å². The molecule has 7 aromatic carbocycles. The van der Waals surface area contributed by atoms with Gasteiger partial charge in [0.05, 0.1) is 0 Å². The van der Waals surface area contributed by atoms with Gasteiger partial charge in [0, 0.05) is 9.89 Å². The molecule has 0 nitrogen and oxygen atoms in total. The van der Waals surface area contributed by atoms with Gasteiger partial charge in [-0.3, -0.25) is 0 Å². The van der Waals surface area contributed by atoms with E-state index in [2.05, 4.69) is 157 Å². The zero-order valence-electron chi connectivity index (χ0n) is 22.5. The van der Waals surface area contributed by atoms with Crippen LogP contribution in [-0.2, 0) is 5.41 Å². The van der Waals surface area contributed by atoms with Gasteiger partial charge < -0.3 is 0 Å². The van der Waals surface area contributed by atoms with Gasteiger partial charge in [-0.2, -0.15) is 0 Å². The van der Waals surface area contributed by atoms with E-state index in [0.717, 1.165) is 4.47 Å². The molecular formula is C39H27Br. The zero-order valence-corrected chi connectivity index (χ0v) is 24.1. The van der Waals surface area contributed by atoms with Crippen molar-refractivity contribution < 1.29 is 0 Å². The Kier molecular flexibility index (Phi) is 5.12. The van der Waals surface area contributed by atoms with Crippen molar-refractivity contribution in [3.05, 3.63) is 143 Å². The quantitative estimate of drug-likeness (QED) is 0.180. The highest BCUT2D eigenvalue weighted by atomic mass is 79.9. The fourth-order valence-electron chi connectivity index (χ4n) is 6.96. The van der Waals surface area contributed by atoms with E-state index in [4.69, 9.17) is 0 Å². The third kappa shape index (κ3) is 3.37. The molecule has 0 fully saturated rings. The van der Waals surface area contributed by atoms with Crippen molar-refractivity contribution >= 4 is 48.2 Å². The minimum absolute atomic E-state index is 0.0684. The molecule has 0 radical (unpaired) electrons. The zero-order chi connectivity index (χ0) is 27.0. The lowest BCUT2D eigenvalue weighted by Crippen LogP contribution is -2.15. The molecule has 0 amide bonds. The molecule has 0 aromatic heterocycles. The highest BCUT2D eigenvalue weighted by molar-refractivity contribution is 9.10. The minimum Gasteiger partial charge on any atom is -0.0616 e. The van der Waals surface area contributed by atoms with Gasteiger partial charge in [0.1, 0.15) is 0 Å². The van der Waals surface area contributed by atoms with E-state index in [1.165, 1.54) is 76.8 Å². The molecule has 0 unspecified atom stereocenters. The van der Waals surface area contributed by atoms with E-state index in [0.29, 0.717) is 0 Å². The van der Waals surface area contributed by atoms with Crippen LogP contribution in [-0.4, -0.2) is 0 Å². The van der Waals surface area contributed by atoms with Crippen molar-refractivity contribution in [2.75, 3.05) is 0 Å². The van der Waals surface area contributed by atoms with Crippen LogP contribution >= 0.6 is 15.9 Å². The summed E-state index contributed by atoms with van der Waals surface area (Å²) in [5.41, 5.74) is 10.5. The number of benzene rings is 7. The standard InChI is InChI=1S/C39H27Br/c1-39(2)35-22-27(17-19-29(35)30-20-18-28(40)23-36(30)39)38-33-13-7-5-11-31(33)37(32-12-6-8-14-34(32)38)26-16-15-24-9-3-4-10-25(24)21-26/h3-23H,1-2H3. The Bertz CT molecular complexity index is 2090. The van der Waals surface area contributed by atoms with Crippen LogP contribution in [0.3, 0.4) is 0 Å². The molecule has 0 aliphatic heterocycles. The smallest absolute Gasteiger partial charge is 0.0178 e. The van der Waals surface area contributed by atoms with Crippen molar-refractivity contribution in [1.29, 1.82) is 0 Å². The Hall–Kier alpha value is -4.20. The van der Waals surface area contributed by atoms with Crippen molar-refractivity contribution in [3.63, 3.8) is 0 Å². The van der Waals surface area contributed by atoms with E-state index >= 15 is 0 Å². The topological polar surface area (TPSA) is 0 Å². The fraction of sp³-hybridized carbons (Fsp3) is 0.0769. The second-order valence-electron chi connectivity index (χ2n) is 11.5. The average Bonchev–Trinajstić information content (AvgIpc) is 3.20. The third-order valence-electron chi connectivity index (χ3n) is 8.90. The molecule has 1 aliphatic rings. The van der Waals surface area contributed by atoms with E-state index in [1.54, 1.807) is 0 Å². The predicted octanol–water partition coefficient (Wildman–Crippen LogP) is 11.5. The lowest BCUT2D eigenvalue weighted by atomic mass is 9.80. The van der Waals surface area contributed by atoms with Crippen molar-refractivity contribution in [1.82, 2.24) is 0 Å². The molecule has 0 saturated heterocycles. The summed E-state index contributed by atoms with van der Waals surface area (Å²) >= 11 is 3.71. The lowest BCUT2D eigenvalue weighted by molar-refractivity contribution is 0.660. The molecule has 1 aliphatic carbocycles. The molecule has 1 heteroatoms. The van der Waals surface area contributed by atoms with E-state index < -0.39 is 0 Å². The first kappa shape index (κ1) is 23.7. The van der Waals surface area contributed by atoms with Gasteiger partial charge in [-0.25, -0.2) is 0 Å². The van der Waals surface area contributed by atoms with Crippen LogP contribution in [0.2, 0.25) is 0 Å². The molecule has 0 heterocycles. The summed E-state index contributed by atoms with van der Waals surface area (Å²) in [4.78, 5) is 0. The molecule has 8 rings (SSSR count). The number of fused-ring (bicyclic) bond motifs is 6. The Morgan fingerprint density at radius 1 is 0.450 bits per heavy atom. The second kappa shape index (κ2) is 8.65. The summed E-state index contributed by atoms with van der Waals surface area (Å²) in [5.74, 6) is 0. The van der Waals surface area contributed by atoms with Crippen molar-refractivity contribution in [3.8, 4) is 33.4 Å². The summed E-state index contributed by atoms with van der Waals surface area (Å²) in [6.07, 6.45) is 0. The summed E-state index contributed by atoms with van der Waals surface area (Å²) in [7, 11) is 0. The fourth-order valence-corrected chi connectivity index (χ4v) is 7.32. The van der Waals surface area contributed by atoms with Crippen LogP contribution < -0.4 is 0 Å². The minimum atomic E-state index is -0.0684. The molecule has 190 valence electrons. The molecule has 0 saturated carbocycles. The van der Waals surface area contributed by atoms with Crippen LogP contribution in [0, 0.1) is 0 Å². The van der Waals surface area contributed by atoms with Gasteiger partial charge >= 0.3 is 0 Å². The molecule has 0 N–H and O–H groups in total. The molecule has 40 heavy (non-hydrogen) atoms. The van der Waals surface area contributed by atoms with Gasteiger partial charge in [0.2, 0.25) is 0 Å². The van der Waals surface area contributed by atoms with Gasteiger partial charge in [-0.05, 0) is 101 Å². The second-order valence-corrected chi connectivity index (χ2v) is 12.4. The van der Waals surface area contributed by atoms with E-state index in [9.17, 15) is 0 Å². The Morgan fingerprint density at radius 3 is 1.55 bits per heavy atom. The molecule has 0 bridgehead atoms. The first-order valence-electron chi connectivity index (χ1n) is 13.9. The highest BCUT2D eigenvalue weighted by Crippen LogP contribution is 2.51. The number of rotatable bonds is 2. The maximum atomic E-state index is 3.71. The SMILES string of the molecule is CC1(C)c2cc(Br)ccc2-c2ccc(-c3c4ccccc4c(-c4ccc5ccccc5c4)c4ccccc34)cc21. The van der Waals surface area contributed by atoms with Crippen LogP contribution in [0.4, 0.5) is 0 Å². The van der Waals surface area contributed by atoms with E-state index in [-0.39, 0.29) is 5.41 Å². The molecular weight excluding hydrogens is 548 g/mol. The van der Waals surface area contributed by atoms with Crippen LogP contribution in [0.5, 0.6) is 0 Å². The Balaban J connectivity index is 1.43. The predicted molar refractivity (Wildman–Crippen MR) is 175 cm³/mol. The Labute approximate surface area is 243 Å². The maximum Gasteiger partial charge on any atom is 0.0178 e. The largest absolute Gasteiger partial charge is 0.0616 e. The summed E-state index contributed by atoms with van der Waals surface area (Å²) in [6, 6.07) is 47.2. The maximum absolute atomic E-state index is 3.71. The van der Waals surface area contributed by atoms with Crippen LogP contribution in [0.15, 0.2) is 132 Å². The van der Waals surface area contributed by atoms with Gasteiger partial charge in [0.15, 0.2) is 0 Å². The lowest BCUT2D eigenvalue weighted by Gasteiger charge is -2.23. The average molecular weight is 576 g/mol. The third-order valence-corrected chi connectivity index (χ3v) is 9.39. The van der Waals surface area contributed by atoms with Gasteiger partial charge in [0.25, 0.3) is 0 Å². The van der Waals surface area contributed by atoms with E-state index in [1.807, 2.05) is 0 Å².